The zero-order valence-electron chi connectivity index (χ0n) is 10.7. The zero-order chi connectivity index (χ0) is 12.1. The van der Waals surface area contributed by atoms with E-state index in [4.69, 9.17) is 10.5 Å². The summed E-state index contributed by atoms with van der Waals surface area (Å²) >= 11 is 1.81. The van der Waals surface area contributed by atoms with Gasteiger partial charge in [0.15, 0.2) is 0 Å². The van der Waals surface area contributed by atoms with Crippen molar-refractivity contribution in [1.29, 1.82) is 0 Å². The fraction of sp³-hybridized carbons (Fsp3) is 0.714. The van der Waals surface area contributed by atoms with E-state index in [9.17, 15) is 0 Å². The number of hydrogen-bond donors (Lipinski definition) is 1. The highest BCUT2D eigenvalue weighted by Gasteiger charge is 2.19. The number of hydrogen-bond acceptors (Lipinski definition) is 3. The smallest absolute Gasteiger partial charge is 0.104 e. The van der Waals surface area contributed by atoms with E-state index in [1.807, 2.05) is 11.3 Å². The molecule has 1 fully saturated rings. The van der Waals surface area contributed by atoms with E-state index in [2.05, 4.69) is 19.1 Å². The molecular formula is C14H23NOS. The van der Waals surface area contributed by atoms with Gasteiger partial charge in [-0.2, -0.15) is 0 Å². The first kappa shape index (κ1) is 13.1. The third-order valence-corrected chi connectivity index (χ3v) is 4.54. The van der Waals surface area contributed by atoms with Crippen molar-refractivity contribution in [2.75, 3.05) is 6.54 Å². The summed E-state index contributed by atoms with van der Waals surface area (Å²) in [7, 11) is 0. The van der Waals surface area contributed by atoms with Crippen LogP contribution in [0.25, 0.3) is 0 Å². The molecule has 0 bridgehead atoms. The molecule has 1 aromatic heterocycles. The van der Waals surface area contributed by atoms with Crippen molar-refractivity contribution in [1.82, 2.24) is 0 Å². The summed E-state index contributed by atoms with van der Waals surface area (Å²) in [4.78, 5) is 2.62. The van der Waals surface area contributed by atoms with Gasteiger partial charge in [0, 0.05) is 16.3 Å². The molecule has 1 heterocycles. The van der Waals surface area contributed by atoms with E-state index >= 15 is 0 Å². The number of aryl methyl sites for hydroxylation is 1. The normalized spacial score (nSPS) is 20.1. The van der Waals surface area contributed by atoms with Crippen LogP contribution in [0.15, 0.2) is 12.1 Å². The average molecular weight is 253 g/mol. The fourth-order valence-corrected chi connectivity index (χ4v) is 3.40. The molecule has 2 rings (SSSR count). The highest BCUT2D eigenvalue weighted by molar-refractivity contribution is 7.12. The molecule has 1 aromatic rings. The number of nitrogens with two attached hydrogens (primary N) is 1. The summed E-state index contributed by atoms with van der Waals surface area (Å²) in [6.07, 6.45) is 8.31. The number of thiophene rings is 1. The maximum atomic E-state index is 6.21. The Kier molecular flexibility index (Phi) is 5.01. The molecule has 0 saturated heterocycles. The van der Waals surface area contributed by atoms with Crippen LogP contribution in [0.2, 0.25) is 0 Å². The van der Waals surface area contributed by atoms with E-state index in [1.165, 1.54) is 48.3 Å². The quantitative estimate of drug-likeness (QED) is 0.828. The molecule has 1 unspecified atom stereocenters. The average Bonchev–Trinajstić information content (AvgIpc) is 2.62. The molecule has 3 heteroatoms. The van der Waals surface area contributed by atoms with Gasteiger partial charge in [-0.05, 0) is 31.9 Å². The van der Waals surface area contributed by atoms with Crippen molar-refractivity contribution in [2.24, 2.45) is 5.73 Å². The molecule has 96 valence electrons. The molecule has 1 atom stereocenters. The topological polar surface area (TPSA) is 35.2 Å². The second kappa shape index (κ2) is 6.53. The Bertz CT molecular complexity index is 329. The van der Waals surface area contributed by atoms with E-state index < -0.39 is 0 Å². The Morgan fingerprint density at radius 1 is 1.29 bits per heavy atom. The van der Waals surface area contributed by atoms with Crippen LogP contribution in [-0.4, -0.2) is 12.6 Å². The van der Waals surface area contributed by atoms with Crippen LogP contribution in [0.4, 0.5) is 0 Å². The Labute approximate surface area is 108 Å². The third kappa shape index (κ3) is 3.80. The van der Waals surface area contributed by atoms with Gasteiger partial charge in [-0.15, -0.1) is 11.3 Å². The van der Waals surface area contributed by atoms with Crippen LogP contribution in [0.3, 0.4) is 0 Å². The first-order valence-electron chi connectivity index (χ1n) is 6.71. The van der Waals surface area contributed by atoms with Crippen LogP contribution in [-0.2, 0) is 4.74 Å². The minimum atomic E-state index is 0.108. The molecule has 1 saturated carbocycles. The van der Waals surface area contributed by atoms with Gasteiger partial charge in [-0.25, -0.2) is 0 Å². The number of rotatable bonds is 4. The van der Waals surface area contributed by atoms with Crippen LogP contribution in [0, 0.1) is 6.92 Å². The van der Waals surface area contributed by atoms with E-state index in [-0.39, 0.29) is 6.10 Å². The largest absolute Gasteiger partial charge is 0.368 e. The highest BCUT2D eigenvalue weighted by Crippen LogP contribution is 2.29. The second-order valence-electron chi connectivity index (χ2n) is 4.92. The van der Waals surface area contributed by atoms with Crippen molar-refractivity contribution in [3.8, 4) is 0 Å². The van der Waals surface area contributed by atoms with Crippen LogP contribution < -0.4 is 5.73 Å². The van der Waals surface area contributed by atoms with Gasteiger partial charge in [-0.1, -0.05) is 25.7 Å². The maximum Gasteiger partial charge on any atom is 0.104 e. The van der Waals surface area contributed by atoms with Crippen molar-refractivity contribution in [3.05, 3.63) is 21.9 Å². The summed E-state index contributed by atoms with van der Waals surface area (Å²) < 4.78 is 6.21. The van der Waals surface area contributed by atoms with Gasteiger partial charge in [0.05, 0.1) is 6.10 Å². The van der Waals surface area contributed by atoms with Gasteiger partial charge in [0.25, 0.3) is 0 Å². The van der Waals surface area contributed by atoms with E-state index in [0.717, 1.165) is 0 Å². The van der Waals surface area contributed by atoms with Crippen LogP contribution in [0.1, 0.15) is 54.4 Å². The highest BCUT2D eigenvalue weighted by atomic mass is 32.1. The van der Waals surface area contributed by atoms with Gasteiger partial charge in [-0.3, -0.25) is 0 Å². The molecule has 0 radical (unpaired) electrons. The lowest BCUT2D eigenvalue weighted by molar-refractivity contribution is -0.0143. The number of ether oxygens (including phenoxy) is 1. The summed E-state index contributed by atoms with van der Waals surface area (Å²) in [6.45, 7) is 2.73. The van der Waals surface area contributed by atoms with Crippen molar-refractivity contribution in [2.45, 2.75) is 57.7 Å². The molecule has 1 aliphatic carbocycles. The molecule has 2 N–H and O–H groups in total. The van der Waals surface area contributed by atoms with Gasteiger partial charge >= 0.3 is 0 Å². The fourth-order valence-electron chi connectivity index (χ4n) is 2.48. The minimum absolute atomic E-state index is 0.108. The Morgan fingerprint density at radius 2 is 2.00 bits per heavy atom. The molecule has 1 aliphatic rings. The van der Waals surface area contributed by atoms with Gasteiger partial charge < -0.3 is 10.5 Å². The Balaban J connectivity index is 1.94. The summed E-state index contributed by atoms with van der Waals surface area (Å²) in [5.41, 5.74) is 5.85. The maximum absolute atomic E-state index is 6.21. The first-order valence-corrected chi connectivity index (χ1v) is 7.53. The lowest BCUT2D eigenvalue weighted by Gasteiger charge is -2.22. The molecule has 0 aromatic carbocycles. The summed E-state index contributed by atoms with van der Waals surface area (Å²) in [5, 5.41) is 0. The predicted octanol–water partition coefficient (Wildman–Crippen LogP) is 3.80. The molecule has 17 heavy (non-hydrogen) atoms. The second-order valence-corrected chi connectivity index (χ2v) is 6.24. The van der Waals surface area contributed by atoms with Crippen LogP contribution >= 0.6 is 11.3 Å². The Morgan fingerprint density at radius 3 is 2.53 bits per heavy atom. The van der Waals surface area contributed by atoms with Gasteiger partial charge in [0.1, 0.15) is 6.10 Å². The van der Waals surface area contributed by atoms with Gasteiger partial charge in [0.2, 0.25) is 0 Å². The minimum Gasteiger partial charge on any atom is -0.368 e. The molecule has 2 nitrogen and oxygen atoms in total. The molecule has 0 amide bonds. The standard InChI is InChI=1S/C14H23NOS/c1-11-8-9-14(17-11)13(10-15)16-12-6-4-2-3-5-7-12/h8-9,12-13H,2-7,10,15H2,1H3. The zero-order valence-corrected chi connectivity index (χ0v) is 11.5. The molecule has 0 spiro atoms. The van der Waals surface area contributed by atoms with Crippen molar-refractivity contribution >= 4 is 11.3 Å². The van der Waals surface area contributed by atoms with Crippen molar-refractivity contribution < 1.29 is 4.74 Å². The SMILES string of the molecule is Cc1ccc(C(CN)OC2CCCCCC2)s1. The lowest BCUT2D eigenvalue weighted by atomic mass is 10.1. The third-order valence-electron chi connectivity index (χ3n) is 3.45. The first-order chi connectivity index (χ1) is 8.29. The van der Waals surface area contributed by atoms with Crippen LogP contribution in [0.5, 0.6) is 0 Å². The molecular weight excluding hydrogens is 230 g/mol. The predicted molar refractivity (Wildman–Crippen MR) is 73.4 cm³/mol. The Hall–Kier alpha value is -0.380. The molecule has 0 aliphatic heterocycles. The van der Waals surface area contributed by atoms with E-state index in [1.54, 1.807) is 0 Å². The monoisotopic (exact) mass is 253 g/mol. The van der Waals surface area contributed by atoms with Crippen molar-refractivity contribution in [3.63, 3.8) is 0 Å². The van der Waals surface area contributed by atoms with E-state index in [0.29, 0.717) is 12.6 Å². The summed E-state index contributed by atoms with van der Waals surface area (Å²) in [5.74, 6) is 0. The lowest BCUT2D eigenvalue weighted by Crippen LogP contribution is -2.21. The summed E-state index contributed by atoms with van der Waals surface area (Å²) in [6, 6.07) is 4.31.